The second-order valence-corrected chi connectivity index (χ2v) is 19.4. The molecular formula is C38H39F3N3O2Si+. The summed E-state index contributed by atoms with van der Waals surface area (Å²) in [6.07, 6.45) is -4.71. The first-order valence-electron chi connectivity index (χ1n) is 16.1. The number of fused-ring (bicyclic) bond motifs is 6. The van der Waals surface area contributed by atoms with E-state index in [-0.39, 0.29) is 28.5 Å². The molecular weight excluding hydrogens is 616 g/mol. The number of halogens is 3. The van der Waals surface area contributed by atoms with Gasteiger partial charge in [-0.3, -0.25) is 0 Å². The fraction of sp³-hybridized carbons (Fsp3) is 0.316. The smallest absolute Gasteiger partial charge is 0.451 e. The normalized spacial score (nSPS) is 13.1. The maximum absolute atomic E-state index is 13.6. The van der Waals surface area contributed by atoms with Crippen molar-refractivity contribution in [3.05, 3.63) is 83.2 Å². The number of benzene rings is 4. The van der Waals surface area contributed by atoms with Crippen LogP contribution in [0.5, 0.6) is 0 Å². The van der Waals surface area contributed by atoms with E-state index in [2.05, 4.69) is 112 Å². The van der Waals surface area contributed by atoms with Gasteiger partial charge < -0.3 is 8.83 Å². The van der Waals surface area contributed by atoms with Crippen LogP contribution in [0.2, 0.25) is 19.6 Å². The molecule has 242 valence electrons. The zero-order valence-corrected chi connectivity index (χ0v) is 29.2. The molecule has 0 amide bonds. The van der Waals surface area contributed by atoms with E-state index in [0.29, 0.717) is 11.0 Å². The molecule has 0 aliphatic heterocycles. The average molecular weight is 655 g/mol. The predicted molar refractivity (Wildman–Crippen MR) is 186 cm³/mol. The summed E-state index contributed by atoms with van der Waals surface area (Å²) in [4.78, 5) is 3.72. The van der Waals surface area contributed by atoms with Crippen molar-refractivity contribution in [2.75, 3.05) is 0 Å². The maximum atomic E-state index is 13.6. The van der Waals surface area contributed by atoms with Crippen LogP contribution in [0.25, 0.3) is 61.1 Å². The second kappa shape index (κ2) is 10.6. The lowest BCUT2D eigenvalue weighted by atomic mass is 9.92. The van der Waals surface area contributed by atoms with E-state index in [0.717, 1.165) is 33.4 Å². The Labute approximate surface area is 272 Å². The number of furan rings is 1. The number of para-hydroxylation sites is 2. The molecule has 7 aromatic rings. The highest BCUT2D eigenvalue weighted by Gasteiger charge is 2.39. The van der Waals surface area contributed by atoms with Crippen LogP contribution in [0.4, 0.5) is 13.2 Å². The molecule has 0 unspecified atom stereocenters. The Bertz CT molecular complexity index is 2340. The van der Waals surface area contributed by atoms with Gasteiger partial charge in [-0.25, -0.2) is 9.55 Å². The molecule has 0 saturated carbocycles. The number of nitrogens with zero attached hydrogens (tertiary/aromatic N) is 3. The van der Waals surface area contributed by atoms with Crippen molar-refractivity contribution in [1.82, 2.24) is 9.55 Å². The Morgan fingerprint density at radius 2 is 1.43 bits per heavy atom. The number of aryl methyl sites for hydroxylation is 2. The van der Waals surface area contributed by atoms with Gasteiger partial charge in [0.1, 0.15) is 16.8 Å². The van der Waals surface area contributed by atoms with Crippen molar-refractivity contribution in [3.63, 3.8) is 0 Å². The molecule has 7 rings (SSSR count). The molecule has 0 radical (unpaired) electrons. The lowest BCUT2D eigenvalue weighted by Gasteiger charge is -2.25. The summed E-state index contributed by atoms with van der Waals surface area (Å²) in [6, 6.07) is 20.6. The van der Waals surface area contributed by atoms with Gasteiger partial charge in [0.15, 0.2) is 27.8 Å². The number of oxazole rings is 1. The molecule has 0 fully saturated rings. The van der Waals surface area contributed by atoms with Gasteiger partial charge in [-0.1, -0.05) is 88.9 Å². The zero-order valence-electron chi connectivity index (χ0n) is 28.2. The first-order chi connectivity index (χ1) is 22.1. The highest BCUT2D eigenvalue weighted by Crippen LogP contribution is 2.43. The molecule has 0 aliphatic carbocycles. The first kappa shape index (κ1) is 31.2. The van der Waals surface area contributed by atoms with Gasteiger partial charge in [-0.15, -0.1) is 0 Å². The van der Waals surface area contributed by atoms with Crippen LogP contribution in [0, 0.1) is 6.92 Å². The largest absolute Gasteiger partial charge is 0.468 e. The van der Waals surface area contributed by atoms with Gasteiger partial charge in [0.25, 0.3) is 5.82 Å². The summed E-state index contributed by atoms with van der Waals surface area (Å²) in [5.74, 6) is 0.155. The van der Waals surface area contributed by atoms with Gasteiger partial charge in [0.05, 0.1) is 15.1 Å². The molecule has 4 aromatic carbocycles. The Morgan fingerprint density at radius 1 is 0.809 bits per heavy atom. The minimum atomic E-state index is -4.71. The number of aromatic nitrogens is 3. The summed E-state index contributed by atoms with van der Waals surface area (Å²) >= 11 is 0. The zero-order chi connectivity index (χ0) is 33.7. The topological polar surface area (TPSA) is 48.0 Å². The van der Waals surface area contributed by atoms with Crippen molar-refractivity contribution >= 4 is 57.3 Å². The van der Waals surface area contributed by atoms with E-state index in [1.807, 2.05) is 12.1 Å². The molecule has 0 spiro atoms. The predicted octanol–water partition coefficient (Wildman–Crippen LogP) is 10.3. The minimum Gasteiger partial charge on any atom is -0.451 e. The second-order valence-electron chi connectivity index (χ2n) is 14.3. The van der Waals surface area contributed by atoms with E-state index in [9.17, 15) is 13.2 Å². The summed E-state index contributed by atoms with van der Waals surface area (Å²) in [6.45, 7) is 18.2. The number of hydrogen-bond donors (Lipinski definition) is 0. The maximum Gasteiger partial charge on any atom is 0.468 e. The van der Waals surface area contributed by atoms with Crippen molar-refractivity contribution in [1.29, 1.82) is 0 Å². The molecule has 9 heteroatoms. The highest BCUT2D eigenvalue weighted by molar-refractivity contribution is 6.88. The monoisotopic (exact) mass is 654 g/mol. The molecule has 0 bridgehead atoms. The standard InChI is InChI=1S/C38H39F3N3O2Si/c1-20(2)26-18-23(47(7,8)9)19-27(21(3)4)32(26)44-30-13-11-10-12-29(30)43(6)36(44)31-22(5)14-15-24-25-16-17-28-35(34(25)45-33(24)31)46-37(42-28)38(39,40)41/h10-21H,1-9H3/q+1. The summed E-state index contributed by atoms with van der Waals surface area (Å²) in [5.41, 5.74) is 8.66. The summed E-state index contributed by atoms with van der Waals surface area (Å²) in [7, 11) is 0.421. The molecule has 47 heavy (non-hydrogen) atoms. The average Bonchev–Trinajstić information content (AvgIpc) is 3.68. The molecule has 5 nitrogen and oxygen atoms in total. The molecule has 0 N–H and O–H groups in total. The third-order valence-electron chi connectivity index (χ3n) is 9.35. The Kier molecular flexibility index (Phi) is 7.02. The molecule has 3 aromatic heterocycles. The molecule has 0 atom stereocenters. The van der Waals surface area contributed by atoms with E-state index in [1.165, 1.54) is 22.0 Å². The van der Waals surface area contributed by atoms with E-state index >= 15 is 0 Å². The molecule has 0 aliphatic rings. The van der Waals surface area contributed by atoms with Crippen molar-refractivity contribution < 1.29 is 26.6 Å². The Hall–Kier alpha value is -4.37. The van der Waals surface area contributed by atoms with Crippen molar-refractivity contribution in [3.8, 4) is 17.1 Å². The van der Waals surface area contributed by atoms with Crippen LogP contribution < -0.4 is 9.75 Å². The van der Waals surface area contributed by atoms with Gasteiger partial charge in [0, 0.05) is 21.9 Å². The van der Waals surface area contributed by atoms with Crippen LogP contribution in [0.15, 0.2) is 69.5 Å². The van der Waals surface area contributed by atoms with Gasteiger partial charge >= 0.3 is 12.1 Å². The Balaban J connectivity index is 1.64. The fourth-order valence-corrected chi connectivity index (χ4v) is 8.03. The summed E-state index contributed by atoms with van der Waals surface area (Å²) < 4.78 is 57.3. The van der Waals surface area contributed by atoms with Crippen LogP contribution >= 0.6 is 0 Å². The SMILES string of the molecule is Cc1ccc2c(oc3c2ccc2nc(C(F)(F)F)oc23)c1-c1n(-c2c(C(C)C)cc([Si](C)(C)C)cc2C(C)C)c2ccccc2[n+]1C. The minimum absolute atomic E-state index is 0.00864. The van der Waals surface area contributed by atoms with E-state index < -0.39 is 20.1 Å². The van der Waals surface area contributed by atoms with Gasteiger partial charge in [0.2, 0.25) is 0 Å². The van der Waals surface area contributed by atoms with Crippen LogP contribution in [0.3, 0.4) is 0 Å². The highest BCUT2D eigenvalue weighted by atomic mass is 28.3. The molecule has 3 heterocycles. The summed E-state index contributed by atoms with van der Waals surface area (Å²) in [5, 5.41) is 2.90. The lowest BCUT2D eigenvalue weighted by Crippen LogP contribution is -2.38. The number of hydrogen-bond acceptors (Lipinski definition) is 3. The fourth-order valence-electron chi connectivity index (χ4n) is 6.85. The van der Waals surface area contributed by atoms with Gasteiger partial charge in [-0.2, -0.15) is 17.7 Å². The van der Waals surface area contributed by atoms with Crippen LogP contribution in [-0.2, 0) is 13.2 Å². The Morgan fingerprint density at radius 3 is 2.04 bits per heavy atom. The van der Waals surface area contributed by atoms with Crippen molar-refractivity contribution in [2.24, 2.45) is 7.05 Å². The number of imidazole rings is 1. The van der Waals surface area contributed by atoms with Crippen molar-refractivity contribution in [2.45, 2.75) is 72.3 Å². The van der Waals surface area contributed by atoms with Gasteiger partial charge in [-0.05, 0) is 48.6 Å². The van der Waals surface area contributed by atoms with Crippen LogP contribution in [0.1, 0.15) is 62.1 Å². The molecule has 0 saturated heterocycles. The third kappa shape index (κ3) is 4.81. The quantitative estimate of drug-likeness (QED) is 0.137. The van der Waals surface area contributed by atoms with Crippen LogP contribution in [-0.4, -0.2) is 17.6 Å². The number of rotatable bonds is 5. The number of alkyl halides is 3. The third-order valence-corrected chi connectivity index (χ3v) is 11.4. The lowest BCUT2D eigenvalue weighted by molar-refractivity contribution is -0.633. The first-order valence-corrected chi connectivity index (χ1v) is 19.6. The van der Waals surface area contributed by atoms with E-state index in [4.69, 9.17) is 8.83 Å². The van der Waals surface area contributed by atoms with E-state index in [1.54, 1.807) is 12.1 Å².